The van der Waals surface area contributed by atoms with Crippen LogP contribution in [0.15, 0.2) is 77.7 Å². The van der Waals surface area contributed by atoms with Crippen LogP contribution in [0.2, 0.25) is 0 Å². The van der Waals surface area contributed by atoms with Crippen LogP contribution in [0.4, 0.5) is 0 Å². The topological polar surface area (TPSA) is 54.2 Å². The molecule has 0 radical (unpaired) electrons. The van der Waals surface area contributed by atoms with Gasteiger partial charge in [0.05, 0.1) is 10.9 Å². The van der Waals surface area contributed by atoms with Gasteiger partial charge in [-0.05, 0) is 34.9 Å². The van der Waals surface area contributed by atoms with E-state index in [0.717, 1.165) is 35.6 Å². The van der Waals surface area contributed by atoms with Gasteiger partial charge in [-0.25, -0.2) is 8.42 Å². The molecule has 4 nitrogen and oxygen atoms in total. The number of ketones is 1. The summed E-state index contributed by atoms with van der Waals surface area (Å²) in [6.07, 6.45) is 7.03. The Morgan fingerprint density at radius 2 is 1.47 bits per heavy atom. The smallest absolute Gasteiger partial charge is 0.244 e. The van der Waals surface area contributed by atoms with E-state index in [4.69, 9.17) is 0 Å². The van der Waals surface area contributed by atoms with Gasteiger partial charge in [-0.15, -0.1) is 0 Å². The minimum Gasteiger partial charge on any atom is -0.298 e. The molecule has 1 saturated heterocycles. The molecule has 1 fully saturated rings. The molecule has 0 saturated carbocycles. The Morgan fingerprint density at radius 1 is 0.812 bits per heavy atom. The van der Waals surface area contributed by atoms with Gasteiger partial charge >= 0.3 is 0 Å². The Labute approximate surface area is 191 Å². The van der Waals surface area contributed by atoms with Crippen molar-refractivity contribution in [2.75, 3.05) is 0 Å². The molecule has 0 bridgehead atoms. The normalized spacial score (nSPS) is 20.3. The third kappa shape index (κ3) is 4.79. The molecule has 0 aromatic heterocycles. The van der Waals surface area contributed by atoms with E-state index in [2.05, 4.69) is 6.92 Å². The standard InChI is InChI=1S/C27H31NO3S/c1-2-3-4-5-6-10-17-25(29)27-26(22-14-8-7-9-15-22)28(27)32(30,31)24-19-18-21-13-11-12-16-23(21)20-24/h7-9,11-16,18-20,26-27H,2-6,10,17H2,1H3/t26-,27+,28?/m0/s1. The number of hydrogen-bond donors (Lipinski definition) is 0. The fraction of sp³-hybridized carbons (Fsp3) is 0.370. The summed E-state index contributed by atoms with van der Waals surface area (Å²) < 4.78 is 28.5. The lowest BCUT2D eigenvalue weighted by atomic mass is 10.0. The van der Waals surface area contributed by atoms with E-state index in [9.17, 15) is 13.2 Å². The van der Waals surface area contributed by atoms with Crippen LogP contribution in [-0.4, -0.2) is 24.5 Å². The quantitative estimate of drug-likeness (QED) is 0.256. The Hall–Kier alpha value is -2.50. The van der Waals surface area contributed by atoms with E-state index < -0.39 is 22.1 Å². The molecule has 0 N–H and O–H groups in total. The molecule has 1 aliphatic rings. The molecule has 0 amide bonds. The Morgan fingerprint density at radius 3 is 2.22 bits per heavy atom. The SMILES string of the molecule is CCCCCCCCC(=O)[C@@H]1[C@H](c2ccccc2)N1S(=O)(=O)c1ccc2ccccc2c1. The van der Waals surface area contributed by atoms with Crippen molar-refractivity contribution < 1.29 is 13.2 Å². The number of carbonyl (C=O) groups excluding carboxylic acids is 1. The average Bonchev–Trinajstić information content (AvgIpc) is 3.58. The molecular weight excluding hydrogens is 418 g/mol. The highest BCUT2D eigenvalue weighted by Crippen LogP contribution is 2.48. The summed E-state index contributed by atoms with van der Waals surface area (Å²) in [5, 5.41) is 1.87. The van der Waals surface area contributed by atoms with Gasteiger partial charge in [0.2, 0.25) is 10.0 Å². The summed E-state index contributed by atoms with van der Waals surface area (Å²) in [6, 6.07) is 21.4. The molecule has 3 atom stereocenters. The number of sulfonamides is 1. The van der Waals surface area contributed by atoms with Gasteiger partial charge in [-0.1, -0.05) is 99.7 Å². The molecular formula is C27H31NO3S. The summed E-state index contributed by atoms with van der Waals surface area (Å²) >= 11 is 0. The lowest BCUT2D eigenvalue weighted by Crippen LogP contribution is -2.19. The van der Waals surface area contributed by atoms with Crippen LogP contribution in [0.1, 0.15) is 63.5 Å². The van der Waals surface area contributed by atoms with E-state index in [1.807, 2.05) is 60.7 Å². The number of benzene rings is 3. The van der Waals surface area contributed by atoms with Gasteiger partial charge in [0, 0.05) is 6.42 Å². The van der Waals surface area contributed by atoms with Gasteiger partial charge in [-0.3, -0.25) is 4.79 Å². The fourth-order valence-corrected chi connectivity index (χ4v) is 6.26. The van der Waals surface area contributed by atoms with E-state index in [-0.39, 0.29) is 10.7 Å². The number of nitrogens with zero attached hydrogens (tertiary/aromatic N) is 1. The summed E-state index contributed by atoms with van der Waals surface area (Å²) in [5.74, 6) is 0.0266. The Balaban J connectivity index is 1.54. The molecule has 5 heteroatoms. The molecule has 168 valence electrons. The highest BCUT2D eigenvalue weighted by atomic mass is 32.2. The third-order valence-electron chi connectivity index (χ3n) is 6.30. The summed E-state index contributed by atoms with van der Waals surface area (Å²) in [6.45, 7) is 2.19. The molecule has 4 rings (SSSR count). The Kier molecular flexibility index (Phi) is 7.07. The summed E-state index contributed by atoms with van der Waals surface area (Å²) in [4.78, 5) is 13.3. The largest absolute Gasteiger partial charge is 0.298 e. The van der Waals surface area contributed by atoms with Crippen LogP contribution in [0.25, 0.3) is 10.8 Å². The number of rotatable bonds is 11. The molecule has 3 aromatic rings. The van der Waals surface area contributed by atoms with Crippen LogP contribution in [-0.2, 0) is 14.8 Å². The maximum atomic E-state index is 13.6. The van der Waals surface area contributed by atoms with Crippen molar-refractivity contribution in [1.82, 2.24) is 4.31 Å². The number of unbranched alkanes of at least 4 members (excludes halogenated alkanes) is 5. The molecule has 1 aliphatic heterocycles. The van der Waals surface area contributed by atoms with Gasteiger partial charge in [-0.2, -0.15) is 4.31 Å². The predicted molar refractivity (Wildman–Crippen MR) is 129 cm³/mol. The van der Waals surface area contributed by atoms with Crippen molar-refractivity contribution in [3.8, 4) is 0 Å². The van der Waals surface area contributed by atoms with Gasteiger partial charge < -0.3 is 0 Å². The second kappa shape index (κ2) is 9.97. The first-order valence-electron chi connectivity index (χ1n) is 11.6. The lowest BCUT2D eigenvalue weighted by molar-refractivity contribution is -0.119. The van der Waals surface area contributed by atoms with Crippen molar-refractivity contribution in [3.63, 3.8) is 0 Å². The van der Waals surface area contributed by atoms with Crippen LogP contribution >= 0.6 is 0 Å². The van der Waals surface area contributed by atoms with E-state index in [1.165, 1.54) is 23.6 Å². The molecule has 1 heterocycles. The Bertz CT molecular complexity index is 1170. The van der Waals surface area contributed by atoms with Crippen LogP contribution in [0.5, 0.6) is 0 Å². The fourth-order valence-electron chi connectivity index (χ4n) is 4.48. The molecule has 32 heavy (non-hydrogen) atoms. The minimum atomic E-state index is -3.78. The van der Waals surface area contributed by atoms with Crippen molar-refractivity contribution in [2.45, 2.75) is 68.8 Å². The van der Waals surface area contributed by atoms with E-state index >= 15 is 0 Å². The van der Waals surface area contributed by atoms with Crippen molar-refractivity contribution in [3.05, 3.63) is 78.4 Å². The summed E-state index contributed by atoms with van der Waals surface area (Å²) in [7, 11) is -3.78. The number of Topliss-reactive ketones (excluding diaryl/α,β-unsaturated/α-hetero) is 1. The number of hydrogen-bond acceptors (Lipinski definition) is 3. The van der Waals surface area contributed by atoms with Crippen LogP contribution in [0.3, 0.4) is 0 Å². The second-order valence-electron chi connectivity index (χ2n) is 8.63. The zero-order valence-electron chi connectivity index (χ0n) is 18.6. The third-order valence-corrected chi connectivity index (χ3v) is 8.16. The number of carbonyl (C=O) groups is 1. The first-order chi connectivity index (χ1) is 15.5. The maximum absolute atomic E-state index is 13.6. The first-order valence-corrected chi connectivity index (χ1v) is 13.1. The zero-order valence-corrected chi connectivity index (χ0v) is 19.4. The highest BCUT2D eigenvalue weighted by molar-refractivity contribution is 7.89. The van der Waals surface area contributed by atoms with E-state index in [1.54, 1.807) is 12.1 Å². The van der Waals surface area contributed by atoms with Crippen molar-refractivity contribution in [1.29, 1.82) is 0 Å². The van der Waals surface area contributed by atoms with Crippen molar-refractivity contribution >= 4 is 26.6 Å². The van der Waals surface area contributed by atoms with Crippen molar-refractivity contribution in [2.24, 2.45) is 0 Å². The van der Waals surface area contributed by atoms with E-state index in [0.29, 0.717) is 6.42 Å². The zero-order chi connectivity index (χ0) is 22.6. The second-order valence-corrected chi connectivity index (χ2v) is 10.5. The monoisotopic (exact) mass is 449 g/mol. The molecule has 1 unspecified atom stereocenters. The van der Waals surface area contributed by atoms with Gasteiger partial charge in [0.15, 0.2) is 5.78 Å². The minimum absolute atomic E-state index is 0.0266. The van der Waals surface area contributed by atoms with Gasteiger partial charge in [0.1, 0.15) is 6.04 Å². The number of fused-ring (bicyclic) bond motifs is 1. The molecule has 0 spiro atoms. The van der Waals surface area contributed by atoms with Crippen LogP contribution in [0, 0.1) is 0 Å². The molecule has 0 aliphatic carbocycles. The predicted octanol–water partition coefficient (Wildman–Crippen LogP) is 6.27. The first kappa shape index (κ1) is 22.7. The molecule has 3 aromatic carbocycles. The lowest BCUT2D eigenvalue weighted by Gasteiger charge is -2.08. The highest BCUT2D eigenvalue weighted by Gasteiger charge is 2.59. The average molecular weight is 450 g/mol. The summed E-state index contributed by atoms with van der Waals surface area (Å²) in [5.41, 5.74) is 0.873. The van der Waals surface area contributed by atoms with Gasteiger partial charge in [0.25, 0.3) is 0 Å². The van der Waals surface area contributed by atoms with Crippen LogP contribution < -0.4 is 0 Å². The maximum Gasteiger partial charge on any atom is 0.244 e.